The number of nitrogens with zero attached hydrogens (tertiary/aromatic N) is 6. The lowest BCUT2D eigenvalue weighted by Crippen LogP contribution is -2.24. The molecule has 0 aliphatic heterocycles. The van der Waals surface area contributed by atoms with Gasteiger partial charge in [0.05, 0.1) is 12.6 Å². The molecule has 0 radical (unpaired) electrons. The highest BCUT2D eigenvalue weighted by Crippen LogP contribution is 2.33. The van der Waals surface area contributed by atoms with Gasteiger partial charge >= 0.3 is 0 Å². The lowest BCUT2D eigenvalue weighted by molar-refractivity contribution is 0.122. The van der Waals surface area contributed by atoms with E-state index < -0.39 is 13.0 Å². The zero-order valence-corrected chi connectivity index (χ0v) is 17.1. The molecule has 5 rings (SSSR count). The molecule has 0 saturated heterocycles. The molecule has 0 amide bonds. The van der Waals surface area contributed by atoms with Crippen molar-refractivity contribution in [2.75, 3.05) is 12.4 Å². The summed E-state index contributed by atoms with van der Waals surface area (Å²) in [6, 6.07) is 7.75. The van der Waals surface area contributed by atoms with E-state index in [2.05, 4.69) is 25.7 Å². The van der Waals surface area contributed by atoms with E-state index in [1.807, 2.05) is 18.3 Å². The van der Waals surface area contributed by atoms with Gasteiger partial charge in [-0.3, -0.25) is 0 Å². The number of fused-ring (bicyclic) bond motifs is 2. The van der Waals surface area contributed by atoms with Crippen LogP contribution in [0.25, 0.3) is 27.7 Å². The SMILES string of the molecule is COc1nc(NC2CCCCC2)nn2ccc(-c3ccc4nnn(CC(F)F)c4c3)c12. The first-order valence-corrected chi connectivity index (χ1v) is 10.4. The lowest BCUT2D eigenvalue weighted by atomic mass is 9.96. The highest BCUT2D eigenvalue weighted by molar-refractivity contribution is 5.89. The van der Waals surface area contributed by atoms with Gasteiger partial charge in [-0.1, -0.05) is 30.5 Å². The van der Waals surface area contributed by atoms with Crippen LogP contribution in [0.4, 0.5) is 14.7 Å². The number of nitrogens with one attached hydrogen (secondary N) is 1. The predicted octanol–water partition coefficient (Wildman–Crippen LogP) is 4.16. The normalized spacial score (nSPS) is 15.2. The highest BCUT2D eigenvalue weighted by Gasteiger charge is 2.19. The number of hydrogen-bond acceptors (Lipinski definition) is 6. The van der Waals surface area contributed by atoms with Crippen LogP contribution in [0.5, 0.6) is 5.88 Å². The minimum absolute atomic E-state index is 0.371. The number of aromatic nitrogens is 6. The number of halogens is 2. The van der Waals surface area contributed by atoms with Crippen molar-refractivity contribution in [2.45, 2.75) is 51.1 Å². The summed E-state index contributed by atoms with van der Waals surface area (Å²) in [6.45, 7) is -0.501. The molecule has 0 spiro atoms. The summed E-state index contributed by atoms with van der Waals surface area (Å²) < 4.78 is 34.3. The van der Waals surface area contributed by atoms with Crippen molar-refractivity contribution in [3.05, 3.63) is 30.5 Å². The van der Waals surface area contributed by atoms with Gasteiger partial charge in [0.25, 0.3) is 6.43 Å². The van der Waals surface area contributed by atoms with E-state index in [0.717, 1.165) is 24.0 Å². The van der Waals surface area contributed by atoms with Crippen LogP contribution < -0.4 is 10.1 Å². The minimum atomic E-state index is -2.51. The molecule has 31 heavy (non-hydrogen) atoms. The average Bonchev–Trinajstić information content (AvgIpc) is 3.37. The van der Waals surface area contributed by atoms with Gasteiger partial charge < -0.3 is 10.1 Å². The molecule has 162 valence electrons. The third-order valence-electron chi connectivity index (χ3n) is 5.75. The fourth-order valence-electron chi connectivity index (χ4n) is 4.26. The van der Waals surface area contributed by atoms with Crippen molar-refractivity contribution in [3.63, 3.8) is 0 Å². The molecule has 1 saturated carbocycles. The Kier molecular flexibility index (Phi) is 5.13. The Morgan fingerprint density at radius 3 is 2.81 bits per heavy atom. The van der Waals surface area contributed by atoms with Crippen LogP contribution in [0, 0.1) is 0 Å². The number of rotatable bonds is 6. The summed E-state index contributed by atoms with van der Waals surface area (Å²) in [6.07, 6.45) is 5.27. The van der Waals surface area contributed by atoms with E-state index in [4.69, 9.17) is 4.74 Å². The van der Waals surface area contributed by atoms with Gasteiger partial charge in [0.2, 0.25) is 11.8 Å². The van der Waals surface area contributed by atoms with Crippen LogP contribution in [0.2, 0.25) is 0 Å². The van der Waals surface area contributed by atoms with Gasteiger partial charge in [-0.05, 0) is 36.6 Å². The largest absolute Gasteiger partial charge is 0.479 e. The Morgan fingerprint density at radius 1 is 1.19 bits per heavy atom. The predicted molar refractivity (Wildman–Crippen MR) is 113 cm³/mol. The van der Waals surface area contributed by atoms with Crippen molar-refractivity contribution in [3.8, 4) is 17.0 Å². The van der Waals surface area contributed by atoms with Gasteiger partial charge in [0, 0.05) is 17.8 Å². The maximum Gasteiger partial charge on any atom is 0.258 e. The Balaban J connectivity index is 1.54. The standard InChI is InChI=1S/C21H23F2N7O/c1-31-20-19-15(13-7-8-16-17(11-13)30(28-26-16)12-18(22)23)9-10-29(19)27-21(25-20)24-14-5-3-2-4-6-14/h7-11,14,18H,2-6,12H2,1H3,(H,24,27). The second-order valence-corrected chi connectivity index (χ2v) is 7.81. The van der Waals surface area contributed by atoms with Crippen LogP contribution in [-0.4, -0.2) is 49.2 Å². The van der Waals surface area contributed by atoms with Crippen molar-refractivity contribution in [1.82, 2.24) is 29.6 Å². The summed E-state index contributed by atoms with van der Waals surface area (Å²) in [7, 11) is 1.58. The molecule has 1 aliphatic rings. The van der Waals surface area contributed by atoms with Gasteiger partial charge in [0.1, 0.15) is 17.6 Å². The summed E-state index contributed by atoms with van der Waals surface area (Å²) in [4.78, 5) is 4.59. The van der Waals surface area contributed by atoms with E-state index in [0.29, 0.717) is 34.4 Å². The summed E-state index contributed by atoms with van der Waals surface area (Å²) in [5.74, 6) is 0.987. The molecule has 8 nitrogen and oxygen atoms in total. The summed E-state index contributed by atoms with van der Waals surface area (Å²) in [5.41, 5.74) is 3.49. The zero-order chi connectivity index (χ0) is 21.4. The maximum absolute atomic E-state index is 12.9. The van der Waals surface area contributed by atoms with Gasteiger partial charge in [-0.2, -0.15) is 4.98 Å². The molecule has 10 heteroatoms. The first kappa shape index (κ1) is 19.7. The number of alkyl halides is 2. The van der Waals surface area contributed by atoms with E-state index in [-0.39, 0.29) is 0 Å². The molecule has 0 atom stereocenters. The van der Waals surface area contributed by atoms with Crippen molar-refractivity contribution < 1.29 is 13.5 Å². The topological polar surface area (TPSA) is 82.2 Å². The monoisotopic (exact) mass is 427 g/mol. The van der Waals surface area contributed by atoms with Crippen molar-refractivity contribution in [2.24, 2.45) is 0 Å². The fraction of sp³-hybridized carbons (Fsp3) is 0.429. The van der Waals surface area contributed by atoms with Crippen molar-refractivity contribution in [1.29, 1.82) is 0 Å². The van der Waals surface area contributed by atoms with Gasteiger partial charge in [0.15, 0.2) is 0 Å². The van der Waals surface area contributed by atoms with Gasteiger partial charge in [-0.15, -0.1) is 10.2 Å². The Labute approximate surface area is 177 Å². The number of hydrogen-bond donors (Lipinski definition) is 1. The smallest absolute Gasteiger partial charge is 0.258 e. The second-order valence-electron chi connectivity index (χ2n) is 7.81. The van der Waals surface area contributed by atoms with Crippen LogP contribution in [-0.2, 0) is 6.54 Å². The quantitative estimate of drug-likeness (QED) is 0.498. The van der Waals surface area contributed by atoms with Crippen molar-refractivity contribution >= 4 is 22.5 Å². The van der Waals surface area contributed by atoms with E-state index in [9.17, 15) is 8.78 Å². The molecule has 1 aliphatic carbocycles. The maximum atomic E-state index is 12.9. The molecule has 3 heterocycles. The summed E-state index contributed by atoms with van der Waals surface area (Å²) in [5, 5.41) is 15.9. The Bertz CT molecular complexity index is 1210. The Hall–Kier alpha value is -3.30. The average molecular weight is 427 g/mol. The van der Waals surface area contributed by atoms with Gasteiger partial charge in [-0.25, -0.2) is 18.0 Å². The first-order chi connectivity index (χ1) is 15.1. The third-order valence-corrected chi connectivity index (χ3v) is 5.75. The van der Waals surface area contributed by atoms with Crippen LogP contribution in [0.1, 0.15) is 32.1 Å². The molecule has 3 aromatic heterocycles. The Morgan fingerprint density at radius 2 is 2.03 bits per heavy atom. The molecular weight excluding hydrogens is 404 g/mol. The molecular formula is C21H23F2N7O. The first-order valence-electron chi connectivity index (χ1n) is 10.4. The molecule has 4 aromatic rings. The van der Waals surface area contributed by atoms with Crippen LogP contribution >= 0.6 is 0 Å². The van der Waals surface area contributed by atoms with Crippen LogP contribution in [0.3, 0.4) is 0 Å². The zero-order valence-electron chi connectivity index (χ0n) is 17.1. The molecule has 0 bridgehead atoms. The second kappa shape index (κ2) is 8.09. The fourth-order valence-corrected chi connectivity index (χ4v) is 4.26. The highest BCUT2D eigenvalue weighted by atomic mass is 19.3. The van der Waals surface area contributed by atoms with E-state index in [1.165, 1.54) is 23.9 Å². The number of ether oxygens (including phenoxy) is 1. The number of methoxy groups -OCH3 is 1. The molecule has 1 fully saturated rings. The molecule has 1 aromatic carbocycles. The molecule has 1 N–H and O–H groups in total. The summed E-state index contributed by atoms with van der Waals surface area (Å²) >= 11 is 0. The third kappa shape index (κ3) is 3.77. The minimum Gasteiger partial charge on any atom is -0.479 e. The number of anilines is 1. The molecule has 0 unspecified atom stereocenters. The van der Waals surface area contributed by atoms with Crippen LogP contribution in [0.15, 0.2) is 30.5 Å². The number of benzene rings is 1. The lowest BCUT2D eigenvalue weighted by Gasteiger charge is -2.22. The van der Waals surface area contributed by atoms with E-state index in [1.54, 1.807) is 23.8 Å². The van der Waals surface area contributed by atoms with E-state index >= 15 is 0 Å².